The van der Waals surface area contributed by atoms with Gasteiger partial charge in [0.05, 0.1) is 6.54 Å². The maximum absolute atomic E-state index is 7.09. The summed E-state index contributed by atoms with van der Waals surface area (Å²) < 4.78 is 15.5. The molecule has 11 aromatic rings. The lowest BCUT2D eigenvalue weighted by Gasteiger charge is -2.10. The molecule has 3 heterocycles. The Kier molecular flexibility index (Phi) is 7.83. The van der Waals surface area contributed by atoms with Crippen LogP contribution in [0.1, 0.15) is 16.7 Å². The van der Waals surface area contributed by atoms with Gasteiger partial charge in [-0.25, -0.2) is 4.99 Å². The van der Waals surface area contributed by atoms with Gasteiger partial charge < -0.3 is 14.6 Å². The van der Waals surface area contributed by atoms with Gasteiger partial charge in [0, 0.05) is 58.4 Å². The molecule has 0 saturated heterocycles. The van der Waals surface area contributed by atoms with E-state index in [0.29, 0.717) is 18.2 Å². The van der Waals surface area contributed by atoms with Crippen molar-refractivity contribution in [3.8, 4) is 22.3 Å². The minimum atomic E-state index is 0.348. The van der Waals surface area contributed by atoms with E-state index < -0.39 is 0 Å². The van der Waals surface area contributed by atoms with Crippen molar-refractivity contribution in [3.63, 3.8) is 0 Å². The molecule has 0 atom stereocenters. The molecule has 0 amide bonds. The number of amidine groups is 2. The van der Waals surface area contributed by atoms with Crippen molar-refractivity contribution in [2.24, 2.45) is 15.7 Å². The smallest absolute Gasteiger partial charge is 0.157 e. The third-order valence-electron chi connectivity index (χ3n) is 10.8. The molecule has 0 bridgehead atoms. The molecule has 5 nitrogen and oxygen atoms in total. The van der Waals surface area contributed by atoms with Crippen molar-refractivity contribution in [1.82, 2.24) is 0 Å². The summed E-state index contributed by atoms with van der Waals surface area (Å²) in [6.45, 7) is 0.419. The quantitative estimate of drug-likeness (QED) is 0.136. The third-order valence-corrected chi connectivity index (χ3v) is 12.0. The molecular formula is C51H33N3O2S. The van der Waals surface area contributed by atoms with Crippen molar-refractivity contribution in [3.05, 3.63) is 193 Å². The standard InChI is InChI=1S/C51H33N3O2S/c52-50(42-27-26-36(49-48(42)41-14-5-8-16-44(41)56-49)34-22-25-40-39-13-6-9-17-46(39)57-47(40)29-34)54-51(35-23-24-38-37-12-4-7-15-43(37)55-45(38)28-35)53-30-31-18-20-33(21-19-31)32-10-2-1-3-11-32/h1-29H,30H2,(H2,52,53,54). The highest BCUT2D eigenvalue weighted by Crippen LogP contribution is 2.41. The van der Waals surface area contributed by atoms with E-state index in [1.807, 2.05) is 59.9 Å². The number of fused-ring (bicyclic) bond motifs is 9. The lowest BCUT2D eigenvalue weighted by atomic mass is 9.97. The van der Waals surface area contributed by atoms with Crippen molar-refractivity contribution in [2.75, 3.05) is 0 Å². The number of rotatable bonds is 6. The highest BCUT2D eigenvalue weighted by Gasteiger charge is 2.20. The molecule has 0 aliphatic carbocycles. The largest absolute Gasteiger partial charge is 0.456 e. The van der Waals surface area contributed by atoms with Crippen molar-refractivity contribution in [1.29, 1.82) is 0 Å². The second-order valence-corrected chi connectivity index (χ2v) is 15.4. The van der Waals surface area contributed by atoms with Crippen molar-refractivity contribution >= 4 is 87.1 Å². The van der Waals surface area contributed by atoms with E-state index in [4.69, 9.17) is 24.6 Å². The number of thiophene rings is 1. The van der Waals surface area contributed by atoms with E-state index >= 15 is 0 Å². The van der Waals surface area contributed by atoms with Gasteiger partial charge in [-0.05, 0) is 70.8 Å². The van der Waals surface area contributed by atoms with Gasteiger partial charge in [0.1, 0.15) is 28.2 Å². The molecule has 3 aromatic heterocycles. The Bertz CT molecular complexity index is 3390. The lowest BCUT2D eigenvalue weighted by molar-refractivity contribution is 0.668. The number of hydrogen-bond acceptors (Lipinski definition) is 4. The van der Waals surface area contributed by atoms with Gasteiger partial charge in [-0.1, -0.05) is 127 Å². The number of nitrogens with zero attached hydrogens (tertiary/aromatic N) is 2. The minimum Gasteiger partial charge on any atom is -0.456 e. The second-order valence-electron chi connectivity index (χ2n) is 14.3. The van der Waals surface area contributed by atoms with Crippen LogP contribution in [0.25, 0.3) is 86.3 Å². The molecule has 57 heavy (non-hydrogen) atoms. The molecule has 6 heteroatoms. The minimum absolute atomic E-state index is 0.348. The number of para-hydroxylation sites is 2. The Morgan fingerprint density at radius 1 is 0.509 bits per heavy atom. The molecular weight excluding hydrogens is 719 g/mol. The van der Waals surface area contributed by atoms with E-state index in [0.717, 1.165) is 77.3 Å². The summed E-state index contributed by atoms with van der Waals surface area (Å²) >= 11 is 1.81. The second kappa shape index (κ2) is 13.5. The molecule has 0 saturated carbocycles. The maximum atomic E-state index is 7.09. The fraction of sp³-hybridized carbons (Fsp3) is 0.0196. The molecule has 11 rings (SSSR count). The van der Waals surface area contributed by atoms with Crippen LogP contribution in [0.3, 0.4) is 0 Å². The lowest BCUT2D eigenvalue weighted by Crippen LogP contribution is -2.17. The summed E-state index contributed by atoms with van der Waals surface area (Å²) in [7, 11) is 0. The van der Waals surface area contributed by atoms with E-state index in [1.165, 1.54) is 25.7 Å². The summed E-state index contributed by atoms with van der Waals surface area (Å²) in [4.78, 5) is 10.2. The summed E-state index contributed by atoms with van der Waals surface area (Å²) in [6, 6.07) is 60.6. The summed E-state index contributed by atoms with van der Waals surface area (Å²) in [5, 5.41) is 6.54. The van der Waals surface area contributed by atoms with Crippen LogP contribution in [-0.2, 0) is 6.54 Å². The van der Waals surface area contributed by atoms with Gasteiger partial charge >= 0.3 is 0 Å². The van der Waals surface area contributed by atoms with E-state index in [2.05, 4.69) is 127 Å². The normalized spacial score (nSPS) is 12.6. The highest BCUT2D eigenvalue weighted by atomic mass is 32.1. The van der Waals surface area contributed by atoms with Gasteiger partial charge in [-0.3, -0.25) is 4.99 Å². The number of aliphatic imine (C=N–C) groups is 2. The van der Waals surface area contributed by atoms with Crippen LogP contribution in [0, 0.1) is 0 Å². The van der Waals surface area contributed by atoms with E-state index in [-0.39, 0.29) is 0 Å². The van der Waals surface area contributed by atoms with Gasteiger partial charge in [0.15, 0.2) is 5.84 Å². The summed E-state index contributed by atoms with van der Waals surface area (Å²) in [6.07, 6.45) is 0. The topological polar surface area (TPSA) is 77.0 Å². The van der Waals surface area contributed by atoms with E-state index in [1.54, 1.807) is 0 Å². The first kappa shape index (κ1) is 33.1. The molecule has 8 aromatic carbocycles. The van der Waals surface area contributed by atoms with Crippen LogP contribution < -0.4 is 5.73 Å². The Morgan fingerprint density at radius 3 is 2.00 bits per heavy atom. The number of hydrogen-bond donors (Lipinski definition) is 1. The Morgan fingerprint density at radius 2 is 1.16 bits per heavy atom. The van der Waals surface area contributed by atoms with Crippen LogP contribution in [0.4, 0.5) is 0 Å². The molecule has 0 unspecified atom stereocenters. The first-order chi connectivity index (χ1) is 28.1. The van der Waals surface area contributed by atoms with Crippen molar-refractivity contribution in [2.45, 2.75) is 6.54 Å². The number of furan rings is 2. The zero-order valence-electron chi connectivity index (χ0n) is 30.6. The molecule has 270 valence electrons. The highest BCUT2D eigenvalue weighted by molar-refractivity contribution is 7.25. The first-order valence-electron chi connectivity index (χ1n) is 19.0. The van der Waals surface area contributed by atoms with Gasteiger partial charge in [-0.2, -0.15) is 0 Å². The molecule has 0 fully saturated rings. The zero-order chi connectivity index (χ0) is 37.9. The SMILES string of the molecule is N/C(=N\C(=N/Cc1ccc(-c2ccccc2)cc1)c1ccc2c(c1)oc1ccccc12)c1ccc(-c2ccc3c(c2)sc2ccccc23)c2oc3ccccc3c12. The van der Waals surface area contributed by atoms with Gasteiger partial charge in [0.25, 0.3) is 0 Å². The first-order valence-corrected chi connectivity index (χ1v) is 19.8. The zero-order valence-corrected chi connectivity index (χ0v) is 31.5. The Hall–Kier alpha value is -7.28. The predicted molar refractivity (Wildman–Crippen MR) is 239 cm³/mol. The van der Waals surface area contributed by atoms with Crippen LogP contribution in [-0.4, -0.2) is 11.7 Å². The third kappa shape index (κ3) is 5.77. The summed E-state index contributed by atoms with van der Waals surface area (Å²) in [5.41, 5.74) is 17.3. The van der Waals surface area contributed by atoms with Crippen LogP contribution in [0.5, 0.6) is 0 Å². The van der Waals surface area contributed by atoms with Crippen LogP contribution in [0.2, 0.25) is 0 Å². The van der Waals surface area contributed by atoms with Gasteiger partial charge in [0.2, 0.25) is 0 Å². The Balaban J connectivity index is 1.04. The number of benzene rings is 8. The van der Waals surface area contributed by atoms with Crippen LogP contribution in [0.15, 0.2) is 195 Å². The molecule has 2 N–H and O–H groups in total. The fourth-order valence-electron chi connectivity index (χ4n) is 7.99. The monoisotopic (exact) mass is 751 g/mol. The van der Waals surface area contributed by atoms with Crippen molar-refractivity contribution < 1.29 is 8.83 Å². The average molecular weight is 752 g/mol. The molecule has 0 aliphatic heterocycles. The summed E-state index contributed by atoms with van der Waals surface area (Å²) in [5.74, 6) is 0.864. The van der Waals surface area contributed by atoms with Crippen LogP contribution >= 0.6 is 11.3 Å². The number of nitrogens with two attached hydrogens (primary N) is 1. The van der Waals surface area contributed by atoms with E-state index in [9.17, 15) is 0 Å². The predicted octanol–water partition coefficient (Wildman–Crippen LogP) is 13.5. The molecule has 0 aliphatic rings. The van der Waals surface area contributed by atoms with Gasteiger partial charge in [-0.15, -0.1) is 11.3 Å². The fourth-order valence-corrected chi connectivity index (χ4v) is 9.14. The Labute approximate surface area is 331 Å². The average Bonchev–Trinajstić information content (AvgIpc) is 3.96. The molecule has 0 spiro atoms. The molecule has 0 radical (unpaired) electrons. The maximum Gasteiger partial charge on any atom is 0.157 e.